The van der Waals surface area contributed by atoms with E-state index in [0.29, 0.717) is 49.9 Å². The fraction of sp³-hybridized carbons (Fsp3) is 0.464. The van der Waals surface area contributed by atoms with Gasteiger partial charge in [0.2, 0.25) is 11.8 Å². The summed E-state index contributed by atoms with van der Waals surface area (Å²) >= 11 is 1.01. The van der Waals surface area contributed by atoms with Crippen molar-refractivity contribution in [3.8, 4) is 0 Å². The maximum Gasteiger partial charge on any atom is 0.399 e. The number of hydrogen-bond acceptors (Lipinski definition) is 8. The minimum absolute atomic E-state index is 0.118. The smallest absolute Gasteiger partial charge is 0.370 e. The van der Waals surface area contributed by atoms with E-state index < -0.39 is 42.4 Å². The number of rotatable bonds is 7. The van der Waals surface area contributed by atoms with Gasteiger partial charge in [0.05, 0.1) is 18.0 Å². The molecule has 6 rings (SSSR count). The first-order chi connectivity index (χ1) is 20.8. The van der Waals surface area contributed by atoms with Gasteiger partial charge in [0.1, 0.15) is 24.0 Å². The second-order valence-corrected chi connectivity index (χ2v) is 14.2. The minimum atomic E-state index is -5.75. The molecule has 5 heterocycles. The second-order valence-electron chi connectivity index (χ2n) is 11.4. The van der Waals surface area contributed by atoms with E-state index in [1.165, 1.54) is 18.5 Å². The van der Waals surface area contributed by atoms with Crippen molar-refractivity contribution in [1.82, 2.24) is 25.1 Å². The monoisotopic (exact) mass is 649 g/mol. The first-order valence-electron chi connectivity index (χ1n) is 14.0. The van der Waals surface area contributed by atoms with Gasteiger partial charge in [-0.3, -0.25) is 18.9 Å². The number of carbonyl (C=O) groups excluding carboxylic acids is 3. The molecule has 3 aromatic rings. The Bertz CT molecular complexity index is 1660. The molecule has 0 bridgehead atoms. The lowest BCUT2D eigenvalue weighted by Crippen LogP contribution is -2.65. The van der Waals surface area contributed by atoms with Crippen LogP contribution < -0.4 is 5.32 Å². The van der Waals surface area contributed by atoms with Crippen molar-refractivity contribution in [2.75, 3.05) is 20.2 Å². The zero-order chi connectivity index (χ0) is 31.4. The Hall–Kier alpha value is -3.36. The van der Waals surface area contributed by atoms with Crippen LogP contribution in [0.25, 0.3) is 10.1 Å². The van der Waals surface area contributed by atoms with Crippen LogP contribution in [0.2, 0.25) is 0 Å². The molecule has 0 unspecified atom stereocenters. The number of nitrogens with one attached hydrogen (secondary N) is 1. The van der Waals surface area contributed by atoms with Crippen LogP contribution in [-0.4, -0.2) is 85.6 Å². The number of likely N-dealkylation sites (tertiary alicyclic amines) is 1. The Kier molecular flexibility index (Phi) is 7.82. The highest BCUT2D eigenvalue weighted by Crippen LogP contribution is 2.59. The van der Waals surface area contributed by atoms with Crippen molar-refractivity contribution in [2.24, 2.45) is 0 Å². The molecule has 0 radical (unpaired) electrons. The molecule has 3 aliphatic heterocycles. The Morgan fingerprint density at radius 1 is 1.14 bits per heavy atom. The lowest BCUT2D eigenvalue weighted by Gasteiger charge is -2.50. The molecule has 3 amide bonds. The lowest BCUT2D eigenvalue weighted by molar-refractivity contribution is -0.171. The molecule has 3 aliphatic rings. The van der Waals surface area contributed by atoms with E-state index in [0.717, 1.165) is 29.0 Å². The number of fused-ring (bicyclic) bond motifs is 2. The number of hydrogen-bond donors (Lipinski definition) is 3. The van der Waals surface area contributed by atoms with Crippen molar-refractivity contribution < 1.29 is 42.3 Å². The number of amides is 3. The molecule has 3 saturated heterocycles. The molecular formula is C28H30F2N5O7PS. The fourth-order valence-corrected chi connectivity index (χ4v) is 7.80. The summed E-state index contributed by atoms with van der Waals surface area (Å²) in [5, 5.41) is 2.99. The van der Waals surface area contributed by atoms with Crippen LogP contribution in [0, 0.1) is 0 Å². The average molecular weight is 650 g/mol. The van der Waals surface area contributed by atoms with Crippen LogP contribution in [0.4, 0.5) is 8.78 Å². The van der Waals surface area contributed by atoms with Gasteiger partial charge in [-0.05, 0) is 55.7 Å². The normalized spacial score (nSPS) is 23.7. The largest absolute Gasteiger partial charge is 0.399 e. The Morgan fingerprint density at radius 3 is 2.55 bits per heavy atom. The number of ether oxygens (including phenoxy) is 1. The second kappa shape index (κ2) is 11.2. The highest BCUT2D eigenvalue weighted by molar-refractivity contribution is 7.52. The predicted molar refractivity (Wildman–Crippen MR) is 154 cm³/mol. The summed E-state index contributed by atoms with van der Waals surface area (Å²) < 4.78 is 46.0. The zero-order valence-electron chi connectivity index (χ0n) is 23.6. The van der Waals surface area contributed by atoms with Crippen molar-refractivity contribution in [3.63, 3.8) is 0 Å². The highest BCUT2D eigenvalue weighted by atomic mass is 32.1. The van der Waals surface area contributed by atoms with Crippen molar-refractivity contribution >= 4 is 46.7 Å². The van der Waals surface area contributed by atoms with Gasteiger partial charge in [-0.25, -0.2) is 9.97 Å². The highest BCUT2D eigenvalue weighted by Gasteiger charge is 2.53. The average Bonchev–Trinajstić information content (AvgIpc) is 3.56. The molecule has 0 saturated carbocycles. The third kappa shape index (κ3) is 5.20. The Morgan fingerprint density at radius 2 is 1.86 bits per heavy atom. The predicted octanol–water partition coefficient (Wildman–Crippen LogP) is 2.94. The molecule has 3 fully saturated rings. The first kappa shape index (κ1) is 30.7. The molecule has 1 aromatic carbocycles. The number of aromatic nitrogens is 2. The van der Waals surface area contributed by atoms with Crippen molar-refractivity contribution in [3.05, 3.63) is 59.0 Å². The summed E-state index contributed by atoms with van der Waals surface area (Å²) in [6.07, 6.45) is 7.66. The number of methoxy groups -OCH3 is 1. The molecule has 3 N–H and O–H groups in total. The molecule has 2 aromatic heterocycles. The number of nitrogens with zero attached hydrogens (tertiary/aromatic N) is 4. The van der Waals surface area contributed by atoms with E-state index in [2.05, 4.69) is 15.3 Å². The number of carbonyl (C=O) groups is 3. The van der Waals surface area contributed by atoms with Crippen molar-refractivity contribution in [2.45, 2.75) is 61.5 Å². The molecular weight excluding hydrogens is 619 g/mol. The molecule has 234 valence electrons. The summed E-state index contributed by atoms with van der Waals surface area (Å²) in [5.74, 6) is -1.09. The van der Waals surface area contributed by atoms with Gasteiger partial charge in [-0.1, -0.05) is 6.07 Å². The third-order valence-electron chi connectivity index (χ3n) is 8.81. The van der Waals surface area contributed by atoms with E-state index in [1.807, 2.05) is 0 Å². The SMILES string of the molecule is COC1(c2cncnc2)CN(C(=O)[C@@H]2CC[C@@H]3CCC[C@H](NC(=O)c4cc5cc(C(F)(F)P(=O)(O)O)ccc5s4)C(=O)N32)C1. The van der Waals surface area contributed by atoms with Gasteiger partial charge in [0.15, 0.2) is 0 Å². The van der Waals surface area contributed by atoms with E-state index >= 15 is 0 Å². The molecule has 3 atom stereocenters. The molecule has 12 nitrogen and oxygen atoms in total. The van der Waals surface area contributed by atoms with Gasteiger partial charge in [-0.2, -0.15) is 8.78 Å². The van der Waals surface area contributed by atoms with Crippen molar-refractivity contribution in [1.29, 1.82) is 0 Å². The fourth-order valence-electron chi connectivity index (χ4n) is 6.38. The Balaban J connectivity index is 1.16. The first-order valence-corrected chi connectivity index (χ1v) is 16.5. The van der Waals surface area contributed by atoms with Crippen LogP contribution in [0.5, 0.6) is 0 Å². The topological polar surface area (TPSA) is 162 Å². The van der Waals surface area contributed by atoms with Crippen LogP contribution in [0.15, 0.2) is 43.0 Å². The number of alkyl halides is 2. The van der Waals surface area contributed by atoms with E-state index in [4.69, 9.17) is 14.5 Å². The molecule has 44 heavy (non-hydrogen) atoms. The molecule has 0 spiro atoms. The van der Waals surface area contributed by atoms with E-state index in [1.54, 1.807) is 29.3 Å². The summed E-state index contributed by atoms with van der Waals surface area (Å²) in [4.78, 5) is 70.4. The summed E-state index contributed by atoms with van der Waals surface area (Å²) in [6, 6.07) is 2.83. The number of benzene rings is 1. The van der Waals surface area contributed by atoms with E-state index in [-0.39, 0.29) is 28.1 Å². The van der Waals surface area contributed by atoms with Crippen LogP contribution in [0.1, 0.15) is 52.9 Å². The van der Waals surface area contributed by atoms with Gasteiger partial charge in [-0.15, -0.1) is 11.3 Å². The molecule has 0 aliphatic carbocycles. The van der Waals surface area contributed by atoms with Gasteiger partial charge in [0.25, 0.3) is 5.91 Å². The number of halogens is 2. The standard InChI is InChI=1S/C28H30F2N5O7PS/c1-42-27(18-11-31-15-32-12-18)13-34(14-27)26(38)21-7-6-19-3-2-4-20(25(37)35(19)21)33-24(36)23-10-16-9-17(5-8-22(16)44-23)28(29,30)43(39,40)41/h5,8-12,15,19-21H,2-4,6-7,13-14H2,1H3,(H,33,36)(H2,39,40,41)/t19-,20-,21-/m0/s1. The Labute approximate surface area is 254 Å². The van der Waals surface area contributed by atoms with Gasteiger partial charge >= 0.3 is 13.3 Å². The third-order valence-corrected chi connectivity index (χ3v) is 10.9. The maximum absolute atomic E-state index is 14.2. The van der Waals surface area contributed by atoms with Crippen LogP contribution >= 0.6 is 18.9 Å². The van der Waals surface area contributed by atoms with Gasteiger partial charge in [0, 0.05) is 41.4 Å². The van der Waals surface area contributed by atoms with E-state index in [9.17, 15) is 27.7 Å². The summed E-state index contributed by atoms with van der Waals surface area (Å²) in [5.41, 5.74) is -5.20. The van der Waals surface area contributed by atoms with Gasteiger partial charge < -0.3 is 29.6 Å². The summed E-state index contributed by atoms with van der Waals surface area (Å²) in [6.45, 7) is 0.597. The van der Waals surface area contributed by atoms with Crippen LogP contribution in [-0.2, 0) is 30.2 Å². The lowest BCUT2D eigenvalue weighted by atomic mass is 9.86. The minimum Gasteiger partial charge on any atom is -0.370 e. The quantitative estimate of drug-likeness (QED) is 0.327. The summed E-state index contributed by atoms with van der Waals surface area (Å²) in [7, 11) is -4.19. The maximum atomic E-state index is 14.2. The number of thiophene rings is 1. The van der Waals surface area contributed by atoms with Crippen LogP contribution in [0.3, 0.4) is 0 Å². The zero-order valence-corrected chi connectivity index (χ0v) is 25.3. The molecule has 16 heteroatoms.